The molecule has 0 aromatic rings. The Morgan fingerprint density at radius 3 is 1.67 bits per heavy atom. The number of primary amides is 1. The Balaban J connectivity index is -0.000000270. The third kappa shape index (κ3) is 38.1. The number of aliphatic carboxylic acids is 1. The van der Waals surface area contributed by atoms with Crippen LogP contribution in [0.2, 0.25) is 0 Å². The average molecular weight is 323 g/mol. The highest BCUT2D eigenvalue weighted by Crippen LogP contribution is 1.84. The molecule has 0 saturated heterocycles. The van der Waals surface area contributed by atoms with E-state index in [0.717, 1.165) is 18.2 Å². The van der Waals surface area contributed by atoms with E-state index >= 15 is 0 Å². The zero-order valence-electron chi connectivity index (χ0n) is 11.1. The molecule has 0 rings (SSSR count). The van der Waals surface area contributed by atoms with Gasteiger partial charge >= 0.3 is 11.9 Å². The molecule has 10 heteroatoms. The van der Waals surface area contributed by atoms with Gasteiger partial charge in [-0.3, -0.25) is 9.35 Å². The Hall–Kier alpha value is -2.46. The second-order valence-corrected chi connectivity index (χ2v) is 4.38. The lowest BCUT2D eigenvalue weighted by Gasteiger charge is -1.97. The molecule has 0 aliphatic heterocycles. The molecule has 1 amide bonds. The number of carbonyl (C=O) groups is 3. The van der Waals surface area contributed by atoms with Crippen molar-refractivity contribution in [2.75, 3.05) is 12.4 Å². The molecule has 0 atom stereocenters. The SMILES string of the molecule is C=CC(=O)O.C=CC(=O)OCCS(=O)(=O)O.C=CC(N)=O. The summed E-state index contributed by atoms with van der Waals surface area (Å²) in [6.45, 7) is 8.78. The van der Waals surface area contributed by atoms with E-state index in [-0.39, 0.29) is 6.61 Å². The van der Waals surface area contributed by atoms with Gasteiger partial charge in [0.05, 0.1) is 0 Å². The quantitative estimate of drug-likeness (QED) is 0.335. The standard InChI is InChI=1S/C5H8O5S.C3H5NO.C3H4O2/c1-2-5(6)10-3-4-11(7,8)9;2*1-2-3(4)5/h2H,1,3-4H2,(H,7,8,9);2H,1H2,(H2,4,5);2H,1H2,(H,4,5). The van der Waals surface area contributed by atoms with Crippen LogP contribution in [0.5, 0.6) is 0 Å². The molecule has 0 radical (unpaired) electrons. The summed E-state index contributed by atoms with van der Waals surface area (Å²) in [6, 6.07) is 0. The molecule has 0 bridgehead atoms. The first-order chi connectivity index (χ1) is 9.49. The summed E-state index contributed by atoms with van der Waals surface area (Å²) in [5, 5.41) is 7.60. The summed E-state index contributed by atoms with van der Waals surface area (Å²) >= 11 is 0. The number of carboxylic acids is 1. The van der Waals surface area contributed by atoms with Crippen molar-refractivity contribution in [1.82, 2.24) is 0 Å². The molecule has 21 heavy (non-hydrogen) atoms. The van der Waals surface area contributed by atoms with Crippen LogP contribution in [0.4, 0.5) is 0 Å². The van der Waals surface area contributed by atoms with Crippen LogP contribution in [0.3, 0.4) is 0 Å². The first kappa shape index (κ1) is 23.6. The van der Waals surface area contributed by atoms with Crippen molar-refractivity contribution in [2.24, 2.45) is 5.73 Å². The first-order valence-corrected chi connectivity index (χ1v) is 6.62. The van der Waals surface area contributed by atoms with Crippen LogP contribution in [-0.2, 0) is 29.2 Å². The minimum atomic E-state index is -4.04. The van der Waals surface area contributed by atoms with E-state index in [0.29, 0.717) is 0 Å². The van der Waals surface area contributed by atoms with Crippen LogP contribution in [0.1, 0.15) is 0 Å². The summed E-state index contributed by atoms with van der Waals surface area (Å²) in [4.78, 5) is 29.0. The van der Waals surface area contributed by atoms with Gasteiger partial charge in [0.15, 0.2) is 0 Å². The largest absolute Gasteiger partial charge is 0.478 e. The minimum Gasteiger partial charge on any atom is -0.478 e. The predicted octanol–water partition coefficient (Wildman–Crippen LogP) is -0.482. The van der Waals surface area contributed by atoms with Gasteiger partial charge < -0.3 is 15.6 Å². The van der Waals surface area contributed by atoms with Crippen molar-refractivity contribution in [3.8, 4) is 0 Å². The number of hydrogen-bond donors (Lipinski definition) is 3. The Bertz CT molecular complexity index is 462. The number of esters is 1. The molecular formula is C11H17NO8S. The highest BCUT2D eigenvalue weighted by molar-refractivity contribution is 7.85. The van der Waals surface area contributed by atoms with Gasteiger partial charge in [0.25, 0.3) is 10.1 Å². The number of nitrogens with two attached hydrogens (primary N) is 1. The van der Waals surface area contributed by atoms with Crippen LogP contribution in [0, 0.1) is 0 Å². The molecular weight excluding hydrogens is 306 g/mol. The molecule has 0 aliphatic rings. The maximum atomic E-state index is 10.3. The van der Waals surface area contributed by atoms with E-state index in [1.807, 2.05) is 0 Å². The lowest BCUT2D eigenvalue weighted by molar-refractivity contribution is -0.137. The summed E-state index contributed by atoms with van der Waals surface area (Å²) in [7, 11) is -4.04. The van der Waals surface area contributed by atoms with Crippen molar-refractivity contribution in [3.05, 3.63) is 38.0 Å². The maximum absolute atomic E-state index is 10.3. The van der Waals surface area contributed by atoms with Crippen molar-refractivity contribution in [1.29, 1.82) is 0 Å². The summed E-state index contributed by atoms with van der Waals surface area (Å²) < 4.78 is 32.5. The third-order valence-electron chi connectivity index (χ3n) is 1.13. The van der Waals surface area contributed by atoms with Crippen LogP contribution >= 0.6 is 0 Å². The zero-order chi connectivity index (χ0) is 17.5. The zero-order valence-corrected chi connectivity index (χ0v) is 11.9. The molecule has 0 aromatic heterocycles. The number of hydrogen-bond acceptors (Lipinski definition) is 6. The smallest absolute Gasteiger partial charge is 0.330 e. The monoisotopic (exact) mass is 323 g/mol. The number of carbonyl (C=O) groups excluding carboxylic acids is 2. The second kappa shape index (κ2) is 14.0. The van der Waals surface area contributed by atoms with Crippen molar-refractivity contribution in [3.63, 3.8) is 0 Å². The molecule has 0 aliphatic carbocycles. The number of rotatable bonds is 6. The van der Waals surface area contributed by atoms with Gasteiger partial charge in [0.1, 0.15) is 12.4 Å². The predicted molar refractivity (Wildman–Crippen MR) is 74.8 cm³/mol. The molecule has 120 valence electrons. The molecule has 0 heterocycles. The molecule has 4 N–H and O–H groups in total. The van der Waals surface area contributed by atoms with Crippen molar-refractivity contribution >= 4 is 28.0 Å². The summed E-state index contributed by atoms with van der Waals surface area (Å²) in [5.74, 6) is -2.77. The van der Waals surface area contributed by atoms with Crippen LogP contribution in [0.15, 0.2) is 38.0 Å². The summed E-state index contributed by atoms with van der Waals surface area (Å²) in [6.07, 6.45) is 2.80. The normalized spacial score (nSPS) is 8.62. The lowest BCUT2D eigenvalue weighted by Crippen LogP contribution is -2.13. The fourth-order valence-corrected chi connectivity index (χ4v) is 0.600. The summed E-state index contributed by atoms with van der Waals surface area (Å²) in [5.41, 5.74) is 4.53. The Morgan fingerprint density at radius 2 is 1.48 bits per heavy atom. The molecule has 9 nitrogen and oxygen atoms in total. The molecule has 0 aromatic carbocycles. The van der Waals surface area contributed by atoms with E-state index in [1.54, 1.807) is 0 Å². The number of amides is 1. The van der Waals surface area contributed by atoms with Crippen LogP contribution < -0.4 is 5.73 Å². The minimum absolute atomic E-state index is 0.357. The molecule has 0 saturated carbocycles. The Morgan fingerprint density at radius 1 is 1.10 bits per heavy atom. The van der Waals surface area contributed by atoms with Crippen LogP contribution in [-0.4, -0.2) is 48.3 Å². The van der Waals surface area contributed by atoms with Gasteiger partial charge in [-0.05, 0) is 6.08 Å². The number of ether oxygens (including phenoxy) is 1. The van der Waals surface area contributed by atoms with Crippen molar-refractivity contribution in [2.45, 2.75) is 0 Å². The highest BCUT2D eigenvalue weighted by Gasteiger charge is 2.04. The van der Waals surface area contributed by atoms with Gasteiger partial charge in [-0.25, -0.2) is 9.59 Å². The molecule has 0 unspecified atom stereocenters. The van der Waals surface area contributed by atoms with E-state index in [4.69, 9.17) is 9.66 Å². The first-order valence-electron chi connectivity index (χ1n) is 5.01. The maximum Gasteiger partial charge on any atom is 0.330 e. The van der Waals surface area contributed by atoms with Crippen LogP contribution in [0.25, 0.3) is 0 Å². The van der Waals surface area contributed by atoms with Gasteiger partial charge in [-0.1, -0.05) is 19.7 Å². The fraction of sp³-hybridized carbons (Fsp3) is 0.182. The van der Waals surface area contributed by atoms with E-state index in [2.05, 4.69) is 30.2 Å². The van der Waals surface area contributed by atoms with Gasteiger partial charge in [-0.2, -0.15) is 8.42 Å². The third-order valence-corrected chi connectivity index (χ3v) is 1.81. The number of carboxylic acid groups (broad SMARTS) is 1. The van der Waals surface area contributed by atoms with E-state index in [1.165, 1.54) is 0 Å². The fourth-order valence-electron chi connectivity index (χ4n) is 0.306. The van der Waals surface area contributed by atoms with Gasteiger partial charge in [-0.15, -0.1) is 0 Å². The second-order valence-electron chi connectivity index (χ2n) is 2.81. The van der Waals surface area contributed by atoms with E-state index in [9.17, 15) is 22.8 Å². The molecule has 0 spiro atoms. The Kier molecular flexibility index (Phi) is 15.7. The topological polar surface area (TPSA) is 161 Å². The van der Waals surface area contributed by atoms with Crippen molar-refractivity contribution < 1.29 is 37.2 Å². The lowest BCUT2D eigenvalue weighted by atomic mass is 10.6. The average Bonchev–Trinajstić information content (AvgIpc) is 2.38. The van der Waals surface area contributed by atoms with E-state index < -0.39 is 33.7 Å². The Labute approximate surface area is 122 Å². The highest BCUT2D eigenvalue weighted by atomic mass is 32.2. The van der Waals surface area contributed by atoms with Gasteiger partial charge in [0, 0.05) is 12.2 Å². The molecule has 0 fully saturated rings. The van der Waals surface area contributed by atoms with Gasteiger partial charge in [0.2, 0.25) is 5.91 Å².